The van der Waals surface area contributed by atoms with Crippen molar-refractivity contribution in [3.63, 3.8) is 0 Å². The van der Waals surface area contributed by atoms with E-state index in [4.69, 9.17) is 15.2 Å². The molecule has 0 saturated carbocycles. The van der Waals surface area contributed by atoms with Gasteiger partial charge in [0.25, 0.3) is 0 Å². The molecular formula is C34H33F6N7O3S. The summed E-state index contributed by atoms with van der Waals surface area (Å²) in [5, 5.41) is 9.08. The lowest BCUT2D eigenvalue weighted by molar-refractivity contribution is -0.137. The van der Waals surface area contributed by atoms with Crippen molar-refractivity contribution < 1.29 is 40.6 Å². The van der Waals surface area contributed by atoms with Gasteiger partial charge in [-0.15, -0.1) is 11.3 Å². The van der Waals surface area contributed by atoms with E-state index in [9.17, 15) is 18.8 Å². The first-order chi connectivity index (χ1) is 24.2. The Labute approximate surface area is 292 Å². The lowest BCUT2D eigenvalue weighted by atomic mass is 9.92. The van der Waals surface area contributed by atoms with Crippen molar-refractivity contribution in [1.29, 1.82) is 5.26 Å². The molecule has 0 bridgehead atoms. The fraction of sp³-hybridized carbons (Fsp3) is 0.412. The maximum absolute atomic E-state index is 17.1. The molecule has 51 heavy (non-hydrogen) atoms. The van der Waals surface area contributed by atoms with Gasteiger partial charge in [-0.2, -0.15) is 28.4 Å². The molecule has 2 aliphatic heterocycles. The molecule has 0 spiro atoms. The number of hydrogen-bond acceptors (Lipinski definition) is 10. The topological polar surface area (TPSA) is 121 Å². The number of halogens is 6. The Bertz CT molecular complexity index is 2070. The first-order valence-electron chi connectivity index (χ1n) is 15.8. The lowest BCUT2D eigenvalue weighted by Crippen LogP contribution is -2.48. The Morgan fingerprint density at radius 1 is 1.27 bits per heavy atom. The molecule has 4 heterocycles. The Morgan fingerprint density at radius 2 is 2.02 bits per heavy atom. The molecular weight excluding hydrogens is 700 g/mol. The van der Waals surface area contributed by atoms with Gasteiger partial charge in [-0.1, -0.05) is 12.6 Å². The maximum Gasteiger partial charge on any atom is 0.417 e. The Morgan fingerprint density at radius 3 is 2.65 bits per heavy atom. The highest BCUT2D eigenvalue weighted by Gasteiger charge is 2.42. The predicted octanol–water partition coefficient (Wildman–Crippen LogP) is 5.92. The quantitative estimate of drug-likeness (QED) is 0.165. The summed E-state index contributed by atoms with van der Waals surface area (Å²) in [6.07, 6.45) is -4.59. The van der Waals surface area contributed by atoms with Gasteiger partial charge in [-0.25, -0.2) is 13.2 Å². The molecule has 17 heteroatoms. The second-order valence-corrected chi connectivity index (χ2v) is 13.6. The number of carbonyl (C=O) groups is 1. The third-order valence-electron chi connectivity index (χ3n) is 9.57. The van der Waals surface area contributed by atoms with Crippen LogP contribution in [0.2, 0.25) is 0 Å². The van der Waals surface area contributed by atoms with Crippen LogP contribution in [0.25, 0.3) is 32.1 Å². The number of aromatic nitrogens is 2. The second-order valence-electron chi connectivity index (χ2n) is 12.6. The highest BCUT2D eigenvalue weighted by atomic mass is 32.1. The molecule has 10 nitrogen and oxygen atoms in total. The largest absolute Gasteiger partial charge is 0.462 e. The van der Waals surface area contributed by atoms with Crippen molar-refractivity contribution in [2.24, 2.45) is 0 Å². The monoisotopic (exact) mass is 733 g/mol. The van der Waals surface area contributed by atoms with Crippen LogP contribution < -0.4 is 15.4 Å². The van der Waals surface area contributed by atoms with Gasteiger partial charge in [0.15, 0.2) is 5.82 Å². The van der Waals surface area contributed by atoms with Crippen molar-refractivity contribution in [2.45, 2.75) is 43.3 Å². The molecule has 1 amide bonds. The van der Waals surface area contributed by atoms with E-state index in [1.165, 1.54) is 12.0 Å². The molecule has 0 radical (unpaired) electrons. The fourth-order valence-corrected chi connectivity index (χ4v) is 8.06. The molecule has 2 fully saturated rings. The summed E-state index contributed by atoms with van der Waals surface area (Å²) in [5.41, 5.74) is 2.30. The number of ether oxygens (including phenoxy) is 2. The minimum absolute atomic E-state index is 0.0667. The minimum Gasteiger partial charge on any atom is -0.462 e. The molecule has 2 aliphatic rings. The van der Waals surface area contributed by atoms with Crippen LogP contribution in [0.3, 0.4) is 0 Å². The molecule has 2 N–H and O–H groups in total. The van der Waals surface area contributed by atoms with Gasteiger partial charge in [0, 0.05) is 49.6 Å². The minimum atomic E-state index is -5.15. The number of fused-ring (bicyclic) bond motifs is 2. The second kappa shape index (κ2) is 13.8. The number of rotatable bonds is 9. The van der Waals surface area contributed by atoms with Crippen LogP contribution in [0.4, 0.5) is 37.2 Å². The number of nitriles is 1. The summed E-state index contributed by atoms with van der Waals surface area (Å²) < 4.78 is 102. The molecule has 4 aromatic rings. The smallest absolute Gasteiger partial charge is 0.417 e. The molecule has 2 unspecified atom stereocenters. The number of likely N-dealkylation sites (N-methyl/N-ethyl adjacent to an activating group) is 2. The summed E-state index contributed by atoms with van der Waals surface area (Å²) in [6.45, 7) is 3.96. The lowest BCUT2D eigenvalue weighted by Gasteiger charge is -2.34. The number of carbonyl (C=O) groups excluding carboxylic acids is 1. The number of nitrogens with two attached hydrogens (primary N) is 1. The molecule has 270 valence electrons. The van der Waals surface area contributed by atoms with Crippen LogP contribution in [-0.2, 0) is 15.7 Å². The van der Waals surface area contributed by atoms with Crippen LogP contribution in [0, 0.1) is 23.0 Å². The van der Waals surface area contributed by atoms with Gasteiger partial charge in [-0.3, -0.25) is 9.69 Å². The van der Waals surface area contributed by atoms with Gasteiger partial charge in [0.2, 0.25) is 5.91 Å². The number of thiophene rings is 1. The van der Waals surface area contributed by atoms with E-state index >= 15 is 17.6 Å². The van der Waals surface area contributed by atoms with E-state index in [0.29, 0.717) is 23.8 Å². The normalized spacial score (nSPS) is 21.1. The Balaban J connectivity index is 1.60. The third kappa shape index (κ3) is 6.40. The average Bonchev–Trinajstić information content (AvgIpc) is 3.76. The third-order valence-corrected chi connectivity index (χ3v) is 10.6. The number of alkyl halides is 4. The van der Waals surface area contributed by atoms with Crippen LogP contribution in [0.5, 0.6) is 6.01 Å². The van der Waals surface area contributed by atoms with Crippen molar-refractivity contribution in [2.75, 3.05) is 58.1 Å². The molecule has 2 aromatic heterocycles. The molecule has 2 saturated heterocycles. The summed E-state index contributed by atoms with van der Waals surface area (Å²) in [5.74, 6) is -2.77. The zero-order valence-electron chi connectivity index (χ0n) is 27.7. The molecule has 0 aliphatic carbocycles. The fourth-order valence-electron chi connectivity index (χ4n) is 7.11. The molecule has 6 rings (SSSR count). The number of nitrogen functional groups attached to an aromatic ring is 1. The number of methoxy groups -OCH3 is 1. The summed E-state index contributed by atoms with van der Waals surface area (Å²) >= 11 is 0.661. The van der Waals surface area contributed by atoms with Gasteiger partial charge < -0.3 is 25.0 Å². The standard InChI is InChI=1S/C34H33F6N7O3S/c1-5-25(48)47-9-8-23(24(47)15-49-4)46(3)32-19-11-21(34(38,39)40)27(18-6-7-22(36)30-26(18)20(12-41)31(42)51-30)28(37)29(19)43-33(44-32)50-14-17-10-16(35)13-45(17)2/h5-7,11,16-17,23-24H,1,8-10,13-15,42H2,2-4H3/t16-,17+,23?,24?/m1/s1. The molecule has 4 atom stereocenters. The van der Waals surface area contributed by atoms with Crippen LogP contribution in [-0.4, -0.2) is 97.5 Å². The van der Waals surface area contributed by atoms with Crippen LogP contribution in [0.1, 0.15) is 24.0 Å². The maximum atomic E-state index is 17.1. The first kappa shape index (κ1) is 36.1. The number of amides is 1. The van der Waals surface area contributed by atoms with Crippen LogP contribution >= 0.6 is 11.3 Å². The van der Waals surface area contributed by atoms with E-state index in [1.807, 2.05) is 0 Å². The van der Waals surface area contributed by atoms with E-state index in [-0.39, 0.29) is 82.5 Å². The van der Waals surface area contributed by atoms with Crippen molar-refractivity contribution >= 4 is 49.1 Å². The Kier molecular flexibility index (Phi) is 9.79. The highest BCUT2D eigenvalue weighted by molar-refractivity contribution is 7.23. The van der Waals surface area contributed by atoms with Gasteiger partial charge in [0.05, 0.1) is 34.5 Å². The van der Waals surface area contributed by atoms with Crippen molar-refractivity contribution in [3.05, 3.63) is 53.6 Å². The van der Waals surface area contributed by atoms with Gasteiger partial charge in [0.1, 0.15) is 41.0 Å². The summed E-state index contributed by atoms with van der Waals surface area (Å²) in [6, 6.07) is 2.46. The SMILES string of the molecule is C=CC(=O)N1CCC(N(C)c2nc(OC[C@@H]3C[C@@H](F)CN3C)nc3c(F)c(-c4ccc(F)c5sc(N)c(C#N)c45)c(C(F)(F)F)cc23)C1COC. The summed E-state index contributed by atoms with van der Waals surface area (Å²) in [4.78, 5) is 26.2. The molecule has 2 aromatic carbocycles. The zero-order chi connectivity index (χ0) is 36.9. The van der Waals surface area contributed by atoms with Gasteiger partial charge >= 0.3 is 12.2 Å². The first-order valence-corrected chi connectivity index (χ1v) is 16.7. The number of benzene rings is 2. The number of nitrogens with zero attached hydrogens (tertiary/aromatic N) is 6. The number of likely N-dealkylation sites (tertiary alicyclic amines) is 2. The average molecular weight is 734 g/mol. The highest BCUT2D eigenvalue weighted by Crippen LogP contribution is 2.48. The zero-order valence-corrected chi connectivity index (χ0v) is 28.5. The number of hydrogen-bond donors (Lipinski definition) is 1. The van der Waals surface area contributed by atoms with E-state index in [1.54, 1.807) is 30.0 Å². The van der Waals surface area contributed by atoms with Crippen molar-refractivity contribution in [3.8, 4) is 23.2 Å². The van der Waals surface area contributed by atoms with E-state index in [2.05, 4.69) is 16.5 Å². The Hall–Kier alpha value is -4.66. The van der Waals surface area contributed by atoms with Crippen molar-refractivity contribution in [1.82, 2.24) is 19.8 Å². The van der Waals surface area contributed by atoms with E-state index in [0.717, 1.165) is 18.2 Å². The predicted molar refractivity (Wildman–Crippen MR) is 180 cm³/mol. The van der Waals surface area contributed by atoms with Gasteiger partial charge in [-0.05, 0) is 43.7 Å². The van der Waals surface area contributed by atoms with Crippen LogP contribution in [0.15, 0.2) is 30.9 Å². The number of anilines is 2. The summed E-state index contributed by atoms with van der Waals surface area (Å²) in [7, 11) is 4.70. The van der Waals surface area contributed by atoms with E-state index < -0.39 is 58.3 Å².